The summed E-state index contributed by atoms with van der Waals surface area (Å²) in [6, 6.07) is 20.3. The van der Waals surface area contributed by atoms with Crippen molar-refractivity contribution in [1.29, 1.82) is 0 Å². The van der Waals surface area contributed by atoms with E-state index < -0.39 is 12.1 Å². The molecule has 3 aromatic carbocycles. The SMILES string of the molecule is CC[n+]1c(-c2ccccc2)c2cc(NC(N)=O)ccc2c2ccc(NC(N)=O)cc21.[Cl-]. The first-order valence-corrected chi connectivity index (χ1v) is 9.59. The Morgan fingerprint density at radius 3 is 1.97 bits per heavy atom. The number of aromatic nitrogens is 1. The molecule has 1 heterocycles. The number of fused-ring (bicyclic) bond motifs is 3. The van der Waals surface area contributed by atoms with Gasteiger partial charge >= 0.3 is 12.1 Å². The summed E-state index contributed by atoms with van der Waals surface area (Å²) in [4.78, 5) is 22.7. The Hall–Kier alpha value is -3.84. The van der Waals surface area contributed by atoms with Gasteiger partial charge in [-0.25, -0.2) is 9.59 Å². The number of nitrogens with one attached hydrogen (secondary N) is 2. The van der Waals surface area contributed by atoms with Crippen molar-refractivity contribution >= 4 is 45.1 Å². The van der Waals surface area contributed by atoms with Gasteiger partial charge in [0, 0.05) is 28.4 Å². The van der Waals surface area contributed by atoms with E-state index in [4.69, 9.17) is 11.5 Å². The maximum absolute atomic E-state index is 11.4. The summed E-state index contributed by atoms with van der Waals surface area (Å²) in [7, 11) is 0. The number of halogens is 1. The number of carbonyl (C=O) groups is 2. The van der Waals surface area contributed by atoms with Crippen LogP contribution in [-0.4, -0.2) is 12.1 Å². The highest BCUT2D eigenvalue weighted by molar-refractivity contribution is 6.11. The van der Waals surface area contributed by atoms with Gasteiger partial charge in [-0.2, -0.15) is 4.57 Å². The highest BCUT2D eigenvalue weighted by Gasteiger charge is 2.23. The number of hydrogen-bond donors (Lipinski definition) is 4. The molecule has 0 fully saturated rings. The zero-order valence-corrected chi connectivity index (χ0v) is 17.6. The first kappa shape index (κ1) is 21.9. The van der Waals surface area contributed by atoms with Gasteiger partial charge in [-0.05, 0) is 43.3 Å². The van der Waals surface area contributed by atoms with E-state index in [1.165, 1.54) is 0 Å². The summed E-state index contributed by atoms with van der Waals surface area (Å²) in [5, 5.41) is 8.34. The van der Waals surface area contributed by atoms with E-state index >= 15 is 0 Å². The van der Waals surface area contributed by atoms with Crippen molar-refractivity contribution in [3.8, 4) is 11.3 Å². The van der Waals surface area contributed by atoms with Crippen molar-refractivity contribution in [1.82, 2.24) is 0 Å². The van der Waals surface area contributed by atoms with E-state index in [0.29, 0.717) is 17.9 Å². The quantitative estimate of drug-likeness (QED) is 0.282. The number of anilines is 2. The molecule has 0 atom stereocenters. The molecule has 31 heavy (non-hydrogen) atoms. The van der Waals surface area contributed by atoms with Crippen LogP contribution >= 0.6 is 0 Å². The van der Waals surface area contributed by atoms with Crippen molar-refractivity contribution in [3.05, 3.63) is 66.7 Å². The number of aryl methyl sites for hydroxylation is 1. The van der Waals surface area contributed by atoms with E-state index in [1.54, 1.807) is 0 Å². The standard InChI is InChI=1S/C23H21N5O2.ClH/c1-2-28-20-13-16(27-23(25)30)9-11-18(20)17-10-8-15(26-22(24)29)12-19(17)21(28)14-6-4-3-5-7-14;/h3-13H,2H2,1H3,(H5,24,25,26,29,30);1H. The van der Waals surface area contributed by atoms with Gasteiger partial charge in [0.25, 0.3) is 0 Å². The molecule has 0 aliphatic rings. The molecule has 0 saturated carbocycles. The van der Waals surface area contributed by atoms with Crippen LogP contribution in [0, 0.1) is 0 Å². The zero-order chi connectivity index (χ0) is 21.3. The lowest BCUT2D eigenvalue weighted by Crippen LogP contribution is -3.00. The molecular weight excluding hydrogens is 414 g/mol. The van der Waals surface area contributed by atoms with Crippen LogP contribution in [0.1, 0.15) is 6.92 Å². The molecule has 4 rings (SSSR count). The smallest absolute Gasteiger partial charge is 0.316 e. The summed E-state index contributed by atoms with van der Waals surface area (Å²) in [5.74, 6) is 0. The van der Waals surface area contributed by atoms with E-state index in [2.05, 4.69) is 22.1 Å². The van der Waals surface area contributed by atoms with Crippen molar-refractivity contribution in [2.75, 3.05) is 10.6 Å². The Morgan fingerprint density at radius 2 is 1.39 bits per heavy atom. The van der Waals surface area contributed by atoms with Gasteiger partial charge in [-0.15, -0.1) is 0 Å². The summed E-state index contributed by atoms with van der Waals surface area (Å²) >= 11 is 0. The molecule has 6 N–H and O–H groups in total. The Bertz CT molecular complexity index is 1290. The Morgan fingerprint density at radius 1 is 0.806 bits per heavy atom. The third-order valence-electron chi connectivity index (χ3n) is 5.02. The fourth-order valence-corrected chi connectivity index (χ4v) is 3.90. The predicted molar refractivity (Wildman–Crippen MR) is 119 cm³/mol. The first-order valence-electron chi connectivity index (χ1n) is 9.59. The lowest BCUT2D eigenvalue weighted by molar-refractivity contribution is -0.655. The summed E-state index contributed by atoms with van der Waals surface area (Å²) in [6.07, 6.45) is 0. The van der Waals surface area contributed by atoms with Crippen LogP contribution in [0.2, 0.25) is 0 Å². The van der Waals surface area contributed by atoms with E-state index in [0.717, 1.165) is 32.9 Å². The molecular formula is C23H22ClN5O2. The molecule has 7 nitrogen and oxygen atoms in total. The van der Waals surface area contributed by atoms with E-state index in [9.17, 15) is 9.59 Å². The topological polar surface area (TPSA) is 114 Å². The number of nitrogens with two attached hydrogens (primary N) is 2. The molecule has 0 saturated heterocycles. The summed E-state index contributed by atoms with van der Waals surface area (Å²) in [5.41, 5.74) is 14.9. The van der Waals surface area contributed by atoms with Gasteiger partial charge in [0.1, 0.15) is 6.54 Å². The fraction of sp³-hybridized carbons (Fsp3) is 0.0870. The van der Waals surface area contributed by atoms with E-state index in [-0.39, 0.29) is 12.4 Å². The number of nitrogens with zero attached hydrogens (tertiary/aromatic N) is 1. The third-order valence-corrected chi connectivity index (χ3v) is 5.02. The maximum atomic E-state index is 11.4. The Labute approximate surface area is 185 Å². The number of carbonyl (C=O) groups excluding carboxylic acids is 2. The van der Waals surface area contributed by atoms with Gasteiger partial charge in [0.15, 0.2) is 0 Å². The average molecular weight is 436 g/mol. The Kier molecular flexibility index (Phi) is 6.27. The van der Waals surface area contributed by atoms with Crippen LogP contribution in [0.15, 0.2) is 66.7 Å². The number of benzene rings is 3. The second-order valence-corrected chi connectivity index (χ2v) is 6.93. The molecule has 0 aliphatic carbocycles. The Balaban J connectivity index is 0.00000272. The van der Waals surface area contributed by atoms with Crippen LogP contribution in [0.4, 0.5) is 21.0 Å². The molecule has 4 aromatic rings. The second-order valence-electron chi connectivity index (χ2n) is 6.93. The number of pyridine rings is 1. The van der Waals surface area contributed by atoms with Gasteiger partial charge < -0.3 is 34.5 Å². The number of primary amides is 2. The summed E-state index contributed by atoms with van der Waals surface area (Å²) < 4.78 is 2.19. The van der Waals surface area contributed by atoms with Crippen LogP contribution in [-0.2, 0) is 6.54 Å². The lowest BCUT2D eigenvalue weighted by atomic mass is 9.98. The molecule has 0 unspecified atom stereocenters. The van der Waals surface area contributed by atoms with Crippen LogP contribution in [0.3, 0.4) is 0 Å². The molecule has 158 valence electrons. The minimum Gasteiger partial charge on any atom is -1.00 e. The highest BCUT2D eigenvalue weighted by Crippen LogP contribution is 2.34. The first-order chi connectivity index (χ1) is 14.5. The zero-order valence-electron chi connectivity index (χ0n) is 16.9. The molecule has 0 bridgehead atoms. The predicted octanol–water partition coefficient (Wildman–Crippen LogP) is 0.953. The minimum absolute atomic E-state index is 0. The molecule has 8 heteroatoms. The van der Waals surface area contributed by atoms with Crippen molar-refractivity contribution in [2.24, 2.45) is 11.5 Å². The highest BCUT2D eigenvalue weighted by atomic mass is 35.5. The molecule has 0 spiro atoms. The van der Waals surface area contributed by atoms with Crippen molar-refractivity contribution in [3.63, 3.8) is 0 Å². The van der Waals surface area contributed by atoms with Crippen molar-refractivity contribution in [2.45, 2.75) is 13.5 Å². The van der Waals surface area contributed by atoms with Crippen molar-refractivity contribution < 1.29 is 26.6 Å². The normalized spacial score (nSPS) is 10.5. The molecule has 0 aliphatic heterocycles. The number of amides is 4. The second kappa shape index (κ2) is 8.89. The van der Waals surface area contributed by atoms with Gasteiger partial charge in [0.2, 0.25) is 11.2 Å². The number of rotatable bonds is 4. The minimum atomic E-state index is -0.609. The van der Waals surface area contributed by atoms with Crippen LogP contribution in [0.5, 0.6) is 0 Å². The monoisotopic (exact) mass is 435 g/mol. The molecule has 0 radical (unpaired) electrons. The lowest BCUT2D eigenvalue weighted by Gasteiger charge is -2.13. The fourth-order valence-electron chi connectivity index (χ4n) is 3.90. The van der Waals surface area contributed by atoms with E-state index in [1.807, 2.05) is 66.7 Å². The third kappa shape index (κ3) is 4.22. The number of hydrogen-bond acceptors (Lipinski definition) is 2. The molecule has 1 aromatic heterocycles. The summed E-state index contributed by atoms with van der Waals surface area (Å²) in [6.45, 7) is 2.77. The van der Waals surface area contributed by atoms with Gasteiger partial charge in [0.05, 0.1) is 10.8 Å². The number of urea groups is 2. The molecule has 4 amide bonds. The van der Waals surface area contributed by atoms with Gasteiger partial charge in [-0.1, -0.05) is 24.3 Å². The average Bonchev–Trinajstić information content (AvgIpc) is 2.72. The van der Waals surface area contributed by atoms with Gasteiger partial charge in [-0.3, -0.25) is 0 Å². The van der Waals surface area contributed by atoms with Crippen LogP contribution < -0.4 is 39.1 Å². The largest absolute Gasteiger partial charge is 1.00 e. The maximum Gasteiger partial charge on any atom is 0.316 e. The van der Waals surface area contributed by atoms with Crippen LogP contribution in [0.25, 0.3) is 32.9 Å².